The van der Waals surface area contributed by atoms with E-state index in [2.05, 4.69) is 22.5 Å². The molecule has 0 aliphatic carbocycles. The molecule has 0 aliphatic heterocycles. The van der Waals surface area contributed by atoms with E-state index in [0.29, 0.717) is 12.0 Å². The topological polar surface area (TPSA) is 89.4 Å². The summed E-state index contributed by atoms with van der Waals surface area (Å²) >= 11 is 3.05. The second-order valence-corrected chi connectivity index (χ2v) is 4.11. The van der Waals surface area contributed by atoms with Gasteiger partial charge in [0.25, 0.3) is 5.69 Å². The monoisotopic (exact) mass is 322 g/mol. The van der Waals surface area contributed by atoms with Crippen molar-refractivity contribution in [3.05, 3.63) is 44.9 Å². The highest BCUT2D eigenvalue weighted by Gasteiger charge is 2.18. The highest BCUT2D eigenvalue weighted by molar-refractivity contribution is 9.10. The molecule has 1 aromatic carbocycles. The summed E-state index contributed by atoms with van der Waals surface area (Å²) in [5.41, 5.74) is 5.99. The van der Waals surface area contributed by atoms with E-state index in [1.54, 1.807) is 6.08 Å². The molecule has 0 saturated carbocycles. The van der Waals surface area contributed by atoms with Crippen molar-refractivity contribution in [2.45, 2.75) is 12.5 Å². The molecule has 7 heteroatoms. The molecule has 0 bridgehead atoms. The van der Waals surface area contributed by atoms with Crippen LogP contribution < -0.4 is 5.73 Å². The van der Waals surface area contributed by atoms with Gasteiger partial charge in [-0.25, -0.2) is 0 Å². The first-order chi connectivity index (χ1) is 7.47. The van der Waals surface area contributed by atoms with Crippen molar-refractivity contribution in [1.82, 2.24) is 0 Å². The Bertz CT molecular complexity index is 440. The quantitative estimate of drug-likeness (QED) is 0.506. The number of non-ortho nitro benzene ring substituents is 1. The number of aromatic hydroxyl groups is 1. The van der Waals surface area contributed by atoms with E-state index >= 15 is 0 Å². The first kappa shape index (κ1) is 15.9. The summed E-state index contributed by atoms with van der Waals surface area (Å²) in [4.78, 5) is 10.1. The van der Waals surface area contributed by atoms with Crippen LogP contribution in [0, 0.1) is 10.1 Å². The molecule has 0 heterocycles. The maximum absolute atomic E-state index is 10.6. The van der Waals surface area contributed by atoms with Crippen LogP contribution in [0.15, 0.2) is 29.3 Å². The lowest BCUT2D eigenvalue weighted by molar-refractivity contribution is -0.385. The van der Waals surface area contributed by atoms with Crippen molar-refractivity contribution in [3.63, 3.8) is 0 Å². The first-order valence-corrected chi connectivity index (χ1v) is 5.30. The average Bonchev–Trinajstić information content (AvgIpc) is 2.21. The van der Waals surface area contributed by atoms with Crippen molar-refractivity contribution >= 4 is 34.0 Å². The zero-order valence-electron chi connectivity index (χ0n) is 8.80. The minimum Gasteiger partial charge on any atom is -0.506 e. The Morgan fingerprint density at radius 3 is 2.71 bits per heavy atom. The normalized spacial score (nSPS) is 11.4. The van der Waals surface area contributed by atoms with E-state index in [1.807, 2.05) is 0 Å². The Labute approximate surface area is 113 Å². The van der Waals surface area contributed by atoms with Crippen LogP contribution in [0.4, 0.5) is 5.69 Å². The maximum atomic E-state index is 10.6. The smallest absolute Gasteiger partial charge is 0.271 e. The molecule has 0 unspecified atom stereocenters. The lowest BCUT2D eigenvalue weighted by atomic mass is 10.0. The summed E-state index contributed by atoms with van der Waals surface area (Å²) in [6.07, 6.45) is 2.03. The second-order valence-electron chi connectivity index (χ2n) is 3.25. The van der Waals surface area contributed by atoms with Gasteiger partial charge in [0, 0.05) is 23.7 Å². The van der Waals surface area contributed by atoms with Crippen LogP contribution in [-0.2, 0) is 0 Å². The van der Waals surface area contributed by atoms with E-state index < -0.39 is 11.0 Å². The summed E-state index contributed by atoms with van der Waals surface area (Å²) in [5.74, 6) is -0.0695. The predicted octanol–water partition coefficient (Wildman–Crippen LogP) is 3.06. The predicted molar refractivity (Wildman–Crippen MR) is 71.5 cm³/mol. The average molecular weight is 324 g/mol. The third-order valence-electron chi connectivity index (χ3n) is 2.11. The van der Waals surface area contributed by atoms with E-state index in [-0.39, 0.29) is 28.3 Å². The number of phenols is 1. The van der Waals surface area contributed by atoms with Gasteiger partial charge < -0.3 is 10.8 Å². The van der Waals surface area contributed by atoms with Gasteiger partial charge in [0.15, 0.2) is 0 Å². The van der Waals surface area contributed by atoms with Gasteiger partial charge in [-0.2, -0.15) is 0 Å². The number of rotatable bonds is 4. The summed E-state index contributed by atoms with van der Waals surface area (Å²) in [6, 6.07) is 2.00. The fourth-order valence-corrected chi connectivity index (χ4v) is 1.76. The highest BCUT2D eigenvalue weighted by atomic mass is 79.9. The molecule has 1 aromatic rings. The fraction of sp³-hybridized carbons (Fsp3) is 0.200. The van der Waals surface area contributed by atoms with Crippen LogP contribution in [0.1, 0.15) is 18.0 Å². The fourth-order valence-electron chi connectivity index (χ4n) is 1.30. The molecule has 0 spiro atoms. The Morgan fingerprint density at radius 2 is 2.24 bits per heavy atom. The number of nitro benzene ring substituents is 1. The van der Waals surface area contributed by atoms with Crippen LogP contribution in [0.3, 0.4) is 0 Å². The highest BCUT2D eigenvalue weighted by Crippen LogP contribution is 2.36. The number of nitro groups is 1. The lowest BCUT2D eigenvalue weighted by Crippen LogP contribution is -2.09. The van der Waals surface area contributed by atoms with E-state index in [4.69, 9.17) is 5.73 Å². The molecule has 17 heavy (non-hydrogen) atoms. The molecule has 1 atom stereocenters. The van der Waals surface area contributed by atoms with Crippen LogP contribution >= 0.6 is 28.3 Å². The maximum Gasteiger partial charge on any atom is 0.271 e. The Kier molecular flexibility index (Phi) is 6.15. The SMILES string of the molecule is C=CC[C@H](N)c1cc([N+](=O)[O-])cc(Br)c1O.Cl. The molecule has 94 valence electrons. The summed E-state index contributed by atoms with van der Waals surface area (Å²) < 4.78 is 0.260. The lowest BCUT2D eigenvalue weighted by Gasteiger charge is -2.12. The summed E-state index contributed by atoms with van der Waals surface area (Å²) in [6.45, 7) is 3.53. The number of nitrogens with two attached hydrogens (primary N) is 1. The van der Waals surface area contributed by atoms with Gasteiger partial charge in [-0.05, 0) is 22.4 Å². The number of benzene rings is 1. The van der Waals surface area contributed by atoms with Gasteiger partial charge in [-0.1, -0.05) is 6.08 Å². The van der Waals surface area contributed by atoms with Gasteiger partial charge in [0.1, 0.15) is 5.75 Å². The van der Waals surface area contributed by atoms with Crippen molar-refractivity contribution in [1.29, 1.82) is 0 Å². The van der Waals surface area contributed by atoms with Crippen LogP contribution in [0.25, 0.3) is 0 Å². The Hall–Kier alpha value is -1.11. The molecule has 0 saturated heterocycles. The molecule has 0 radical (unpaired) electrons. The van der Waals surface area contributed by atoms with Crippen molar-refractivity contribution in [2.75, 3.05) is 0 Å². The van der Waals surface area contributed by atoms with Crippen molar-refractivity contribution in [2.24, 2.45) is 5.73 Å². The van der Waals surface area contributed by atoms with Gasteiger partial charge >= 0.3 is 0 Å². The van der Waals surface area contributed by atoms with Crippen LogP contribution in [0.2, 0.25) is 0 Å². The number of hydrogen-bond donors (Lipinski definition) is 2. The van der Waals surface area contributed by atoms with Crippen molar-refractivity contribution < 1.29 is 10.0 Å². The molecular formula is C10H12BrClN2O3. The zero-order chi connectivity index (χ0) is 12.3. The number of hydrogen-bond acceptors (Lipinski definition) is 4. The molecular weight excluding hydrogens is 311 g/mol. The number of phenolic OH excluding ortho intramolecular Hbond substituents is 1. The van der Waals surface area contributed by atoms with Crippen LogP contribution in [0.5, 0.6) is 5.75 Å². The molecule has 1 rings (SSSR count). The van der Waals surface area contributed by atoms with E-state index in [1.165, 1.54) is 12.1 Å². The van der Waals surface area contributed by atoms with Crippen LogP contribution in [-0.4, -0.2) is 10.0 Å². The second kappa shape index (κ2) is 6.58. The molecule has 0 amide bonds. The molecule has 0 aliphatic rings. The standard InChI is InChI=1S/C10H11BrN2O3.ClH/c1-2-3-9(12)7-4-6(13(15)16)5-8(11)10(7)14;/h2,4-5,9,14H,1,3,12H2;1H/t9-;/m0./s1. The summed E-state index contributed by atoms with van der Waals surface area (Å²) in [7, 11) is 0. The third kappa shape index (κ3) is 3.69. The van der Waals surface area contributed by atoms with Gasteiger partial charge in [-0.3, -0.25) is 10.1 Å². The van der Waals surface area contributed by atoms with E-state index in [9.17, 15) is 15.2 Å². The van der Waals surface area contributed by atoms with Crippen molar-refractivity contribution in [3.8, 4) is 5.75 Å². The number of nitrogens with zero attached hydrogens (tertiary/aromatic N) is 1. The number of halogens is 2. The van der Waals surface area contributed by atoms with Gasteiger partial charge in [0.2, 0.25) is 0 Å². The third-order valence-corrected chi connectivity index (χ3v) is 2.71. The van der Waals surface area contributed by atoms with E-state index in [0.717, 1.165) is 0 Å². The molecule has 0 fully saturated rings. The Balaban J connectivity index is 0.00000256. The summed E-state index contributed by atoms with van der Waals surface area (Å²) in [5, 5.41) is 20.4. The minimum atomic E-state index is -0.533. The molecule has 0 aromatic heterocycles. The Morgan fingerprint density at radius 1 is 1.65 bits per heavy atom. The molecule has 3 N–H and O–H groups in total. The van der Waals surface area contributed by atoms with Gasteiger partial charge in [-0.15, -0.1) is 19.0 Å². The van der Waals surface area contributed by atoms with Gasteiger partial charge in [0.05, 0.1) is 9.40 Å². The first-order valence-electron chi connectivity index (χ1n) is 4.50. The minimum absolute atomic E-state index is 0. The zero-order valence-corrected chi connectivity index (χ0v) is 11.2. The molecule has 5 nitrogen and oxygen atoms in total. The largest absolute Gasteiger partial charge is 0.506 e.